The van der Waals surface area contributed by atoms with E-state index in [0.29, 0.717) is 26.9 Å². The molecule has 0 bridgehead atoms. The highest BCUT2D eigenvalue weighted by Gasteiger charge is 2.25. The molecule has 0 aliphatic carbocycles. The number of carbonyl (C=O) groups excluding carboxylic acids is 2. The van der Waals surface area contributed by atoms with E-state index in [9.17, 15) is 9.59 Å². The molecule has 1 heterocycles. The van der Waals surface area contributed by atoms with E-state index in [1.807, 2.05) is 35.7 Å². The molecule has 0 saturated heterocycles. The predicted octanol–water partition coefficient (Wildman–Crippen LogP) is 5.65. The summed E-state index contributed by atoms with van der Waals surface area (Å²) < 4.78 is 10.9. The van der Waals surface area contributed by atoms with Gasteiger partial charge in [-0.25, -0.2) is 4.79 Å². The van der Waals surface area contributed by atoms with Gasteiger partial charge in [0, 0.05) is 10.9 Å². The molecule has 2 aromatic carbocycles. The lowest BCUT2D eigenvalue weighted by atomic mass is 10.0. The lowest BCUT2D eigenvalue weighted by molar-refractivity contribution is -0.122. The number of carbonyl (C=O) groups is 2. The van der Waals surface area contributed by atoms with Gasteiger partial charge < -0.3 is 14.8 Å². The molecule has 0 aliphatic heterocycles. The van der Waals surface area contributed by atoms with Crippen molar-refractivity contribution < 1.29 is 19.1 Å². The highest BCUT2D eigenvalue weighted by Crippen LogP contribution is 2.36. The van der Waals surface area contributed by atoms with E-state index < -0.39 is 18.0 Å². The van der Waals surface area contributed by atoms with Crippen molar-refractivity contribution in [1.82, 2.24) is 0 Å². The number of hydrogen-bond acceptors (Lipinski definition) is 5. The first kappa shape index (κ1) is 20.9. The monoisotopic (exact) mass is 429 g/mol. The molecule has 3 rings (SSSR count). The number of hydrogen-bond donors (Lipinski definition) is 1. The number of para-hydroxylation sites is 1. The quantitative estimate of drug-likeness (QED) is 0.493. The fraction of sp³-hybridized carbons (Fsp3) is 0.182. The summed E-state index contributed by atoms with van der Waals surface area (Å²) in [6, 6.07) is 16.4. The molecular weight excluding hydrogens is 410 g/mol. The van der Waals surface area contributed by atoms with Crippen molar-refractivity contribution in [2.75, 3.05) is 11.9 Å². The van der Waals surface area contributed by atoms with E-state index in [2.05, 4.69) is 5.32 Å². The molecule has 0 radical (unpaired) electrons. The van der Waals surface area contributed by atoms with Crippen molar-refractivity contribution in [3.05, 3.63) is 70.6 Å². The smallest absolute Gasteiger partial charge is 0.341 e. The Morgan fingerprint density at radius 1 is 1.10 bits per heavy atom. The van der Waals surface area contributed by atoms with Gasteiger partial charge in [0.25, 0.3) is 5.91 Å². The highest BCUT2D eigenvalue weighted by molar-refractivity contribution is 7.15. The number of halogens is 1. The average Bonchev–Trinajstić information content (AvgIpc) is 3.14. The van der Waals surface area contributed by atoms with Crippen LogP contribution in [0.3, 0.4) is 0 Å². The van der Waals surface area contributed by atoms with Crippen LogP contribution in [-0.2, 0) is 9.53 Å². The first-order valence-electron chi connectivity index (χ1n) is 9.07. The minimum atomic E-state index is -0.813. The Morgan fingerprint density at radius 3 is 2.48 bits per heavy atom. The Hall–Kier alpha value is -2.83. The maximum absolute atomic E-state index is 12.7. The fourth-order valence-electron chi connectivity index (χ4n) is 2.68. The Morgan fingerprint density at radius 2 is 1.79 bits per heavy atom. The van der Waals surface area contributed by atoms with Gasteiger partial charge in [0.1, 0.15) is 16.3 Å². The molecule has 5 nitrogen and oxygen atoms in total. The van der Waals surface area contributed by atoms with Crippen molar-refractivity contribution in [1.29, 1.82) is 0 Å². The number of rotatable bonds is 7. The largest absolute Gasteiger partial charge is 0.479 e. The third-order valence-electron chi connectivity index (χ3n) is 4.10. The minimum Gasteiger partial charge on any atom is -0.479 e. The molecule has 1 aromatic heterocycles. The molecule has 29 heavy (non-hydrogen) atoms. The molecule has 1 N–H and O–H groups in total. The summed E-state index contributed by atoms with van der Waals surface area (Å²) in [6.45, 7) is 3.60. The summed E-state index contributed by atoms with van der Waals surface area (Å²) in [5.41, 5.74) is 1.91. The topological polar surface area (TPSA) is 64.6 Å². The summed E-state index contributed by atoms with van der Waals surface area (Å²) >= 11 is 7.36. The molecule has 0 saturated carbocycles. The highest BCUT2D eigenvalue weighted by atomic mass is 35.5. The van der Waals surface area contributed by atoms with Gasteiger partial charge in [0.05, 0.1) is 11.6 Å². The molecule has 1 amide bonds. The average molecular weight is 430 g/mol. The fourth-order valence-corrected chi connectivity index (χ4v) is 3.82. The van der Waals surface area contributed by atoms with E-state index >= 15 is 0 Å². The zero-order chi connectivity index (χ0) is 20.8. The number of benzene rings is 2. The lowest BCUT2D eigenvalue weighted by Gasteiger charge is -2.15. The maximum atomic E-state index is 12.7. The van der Waals surface area contributed by atoms with Gasteiger partial charge in [-0.2, -0.15) is 0 Å². The van der Waals surface area contributed by atoms with E-state index in [-0.39, 0.29) is 6.61 Å². The zero-order valence-corrected chi connectivity index (χ0v) is 17.5. The van der Waals surface area contributed by atoms with Crippen LogP contribution >= 0.6 is 22.9 Å². The summed E-state index contributed by atoms with van der Waals surface area (Å²) in [7, 11) is 0. The van der Waals surface area contributed by atoms with Gasteiger partial charge >= 0.3 is 5.97 Å². The SMILES string of the molecule is CCOC(=O)c1c(-c2ccccc2)csc1NC(=O)[C@H](C)Oc1ccccc1Cl. The number of esters is 1. The van der Waals surface area contributed by atoms with Crippen LogP contribution in [0.1, 0.15) is 24.2 Å². The zero-order valence-electron chi connectivity index (χ0n) is 16.0. The standard InChI is InChI=1S/C22H20ClNO4S/c1-3-27-22(26)19-16(15-9-5-4-6-10-15)13-29-21(19)24-20(25)14(2)28-18-12-8-7-11-17(18)23/h4-14H,3H2,1-2H3,(H,24,25)/t14-/m0/s1. The summed E-state index contributed by atoms with van der Waals surface area (Å²) in [5.74, 6) is -0.460. The van der Waals surface area contributed by atoms with E-state index in [0.717, 1.165) is 5.56 Å². The molecule has 7 heteroatoms. The second kappa shape index (κ2) is 9.58. The minimum absolute atomic E-state index is 0.238. The van der Waals surface area contributed by atoms with E-state index in [1.165, 1.54) is 11.3 Å². The Balaban J connectivity index is 1.84. The molecule has 150 valence electrons. The van der Waals surface area contributed by atoms with Crippen LogP contribution in [0.2, 0.25) is 5.02 Å². The Labute approximate surface area is 178 Å². The maximum Gasteiger partial charge on any atom is 0.341 e. The number of nitrogens with one attached hydrogen (secondary N) is 1. The third kappa shape index (κ3) is 4.96. The molecule has 0 spiro atoms. The van der Waals surface area contributed by atoms with Crippen molar-refractivity contribution in [2.24, 2.45) is 0 Å². The lowest BCUT2D eigenvalue weighted by Crippen LogP contribution is -2.30. The number of thiophene rings is 1. The van der Waals surface area contributed by atoms with Crippen molar-refractivity contribution in [3.8, 4) is 16.9 Å². The Kier molecular flexibility index (Phi) is 6.90. The van der Waals surface area contributed by atoms with Crippen LogP contribution < -0.4 is 10.1 Å². The molecule has 0 unspecified atom stereocenters. The summed E-state index contributed by atoms with van der Waals surface area (Å²) in [5, 5.41) is 5.46. The van der Waals surface area contributed by atoms with Gasteiger partial charge in [-0.05, 0) is 31.5 Å². The summed E-state index contributed by atoms with van der Waals surface area (Å²) in [4.78, 5) is 25.3. The van der Waals surface area contributed by atoms with Gasteiger partial charge in [0.2, 0.25) is 0 Å². The van der Waals surface area contributed by atoms with Crippen LogP contribution in [-0.4, -0.2) is 24.6 Å². The Bertz CT molecular complexity index is 1000. The molecule has 0 aliphatic rings. The predicted molar refractivity (Wildman–Crippen MR) is 116 cm³/mol. The van der Waals surface area contributed by atoms with Crippen LogP contribution in [0.5, 0.6) is 5.75 Å². The van der Waals surface area contributed by atoms with Gasteiger partial charge in [-0.1, -0.05) is 54.1 Å². The van der Waals surface area contributed by atoms with Crippen molar-refractivity contribution in [3.63, 3.8) is 0 Å². The number of amides is 1. The van der Waals surface area contributed by atoms with E-state index in [4.69, 9.17) is 21.1 Å². The first-order valence-corrected chi connectivity index (χ1v) is 10.3. The van der Waals surface area contributed by atoms with Crippen LogP contribution in [0.4, 0.5) is 5.00 Å². The second-order valence-corrected chi connectivity index (χ2v) is 7.41. The van der Waals surface area contributed by atoms with Crippen molar-refractivity contribution >= 4 is 39.8 Å². The second-order valence-electron chi connectivity index (χ2n) is 6.12. The number of ether oxygens (including phenoxy) is 2. The molecule has 1 atom stereocenters. The van der Waals surface area contributed by atoms with Crippen LogP contribution in [0, 0.1) is 0 Å². The van der Waals surface area contributed by atoms with Gasteiger partial charge in [-0.3, -0.25) is 4.79 Å². The molecule has 0 fully saturated rings. The third-order valence-corrected chi connectivity index (χ3v) is 5.31. The van der Waals surface area contributed by atoms with Crippen molar-refractivity contribution in [2.45, 2.75) is 20.0 Å². The van der Waals surface area contributed by atoms with E-state index in [1.54, 1.807) is 38.1 Å². The normalized spacial score (nSPS) is 11.6. The van der Waals surface area contributed by atoms with Gasteiger partial charge in [-0.15, -0.1) is 11.3 Å². The first-order chi connectivity index (χ1) is 14.0. The van der Waals surface area contributed by atoms with Gasteiger partial charge in [0.15, 0.2) is 6.10 Å². The van der Waals surface area contributed by atoms with Crippen LogP contribution in [0.25, 0.3) is 11.1 Å². The number of anilines is 1. The summed E-state index contributed by atoms with van der Waals surface area (Å²) in [6.07, 6.45) is -0.813. The molecular formula is C22H20ClNO4S. The molecule has 3 aromatic rings. The van der Waals surface area contributed by atoms with Crippen LogP contribution in [0.15, 0.2) is 60.0 Å².